The molecule has 7 heteroatoms. The third-order valence-corrected chi connectivity index (χ3v) is 10.9. The molecule has 0 aliphatic rings. The molecule has 0 fully saturated rings. The molecule has 0 atom stereocenters. The molecule has 3 nitrogen and oxygen atoms in total. The zero-order chi connectivity index (χ0) is 24.5. The van der Waals surface area contributed by atoms with E-state index in [0.29, 0.717) is 14.7 Å². The Kier molecular flexibility index (Phi) is 6.62. The first-order valence-electron chi connectivity index (χ1n) is 10.6. The van der Waals surface area contributed by atoms with Crippen molar-refractivity contribution in [1.82, 2.24) is 0 Å². The fourth-order valence-electron chi connectivity index (χ4n) is 4.22. The van der Waals surface area contributed by atoms with Crippen LogP contribution in [0.3, 0.4) is 0 Å². The van der Waals surface area contributed by atoms with Crippen molar-refractivity contribution in [2.24, 2.45) is 0 Å². The van der Waals surface area contributed by atoms with Crippen LogP contribution >= 0.6 is 10.3 Å². The van der Waals surface area contributed by atoms with E-state index in [4.69, 9.17) is 3.63 Å². The third-order valence-electron chi connectivity index (χ3n) is 5.40. The van der Waals surface area contributed by atoms with Gasteiger partial charge in [0.05, 0.1) is 0 Å². The van der Waals surface area contributed by atoms with Gasteiger partial charge in [0, 0.05) is 14.7 Å². The van der Waals surface area contributed by atoms with E-state index in [2.05, 4.69) is 0 Å². The smallest absolute Gasteiger partial charge is 0.205 e. The fourth-order valence-corrected chi connectivity index (χ4v) is 9.93. The first-order valence-corrected chi connectivity index (χ1v) is 13.5. The topological polar surface area (TPSA) is 43.4 Å². The monoisotopic (exact) mass is 498 g/mol. The van der Waals surface area contributed by atoms with Crippen molar-refractivity contribution in [2.75, 3.05) is 0 Å². The molecule has 0 amide bonds. The van der Waals surface area contributed by atoms with Crippen LogP contribution < -0.4 is 0 Å². The zero-order valence-corrected chi connectivity index (χ0v) is 20.6. The van der Waals surface area contributed by atoms with E-state index in [0.717, 1.165) is 34.9 Å². The summed E-state index contributed by atoms with van der Waals surface area (Å²) in [6.45, 7) is 5.74. The van der Waals surface area contributed by atoms with Crippen LogP contribution in [0.5, 0.6) is 0 Å². The average Bonchev–Trinajstić information content (AvgIpc) is 2.78. The fraction of sp³-hybridized carbons (Fsp3) is 0.111. The van der Waals surface area contributed by atoms with Crippen molar-refractivity contribution in [3.8, 4) is 0 Å². The molecule has 0 aromatic heterocycles. The highest BCUT2D eigenvalue weighted by Crippen LogP contribution is 2.71. The predicted octanol–water partition coefficient (Wildman–Crippen LogP) is 7.49. The number of benzene rings is 4. The van der Waals surface area contributed by atoms with E-state index in [1.54, 1.807) is 48.5 Å². The lowest BCUT2D eigenvalue weighted by atomic mass is 10.1. The molecular formula is C27H24F2O3S2. The van der Waals surface area contributed by atoms with Crippen LogP contribution in [0.4, 0.5) is 8.78 Å². The quantitative estimate of drug-likeness (QED) is 0.277. The summed E-state index contributed by atoms with van der Waals surface area (Å²) in [5.74, 6) is -2.40. The highest BCUT2D eigenvalue weighted by Gasteiger charge is 2.41. The summed E-state index contributed by atoms with van der Waals surface area (Å²) in [4.78, 5) is 0.769. The Bertz CT molecular complexity index is 1350. The van der Waals surface area contributed by atoms with Crippen molar-refractivity contribution in [3.05, 3.63) is 119 Å². The van der Waals surface area contributed by atoms with Gasteiger partial charge >= 0.3 is 10.1 Å². The second-order valence-electron chi connectivity index (χ2n) is 7.98. The van der Waals surface area contributed by atoms with Crippen molar-refractivity contribution in [1.29, 1.82) is 0 Å². The molecule has 176 valence electrons. The summed E-state index contributed by atoms with van der Waals surface area (Å²) < 4.78 is 62.6. The summed E-state index contributed by atoms with van der Waals surface area (Å²) in [5.41, 5.74) is 2.66. The minimum atomic E-state index is -4.88. The van der Waals surface area contributed by atoms with Crippen molar-refractivity contribution in [2.45, 2.75) is 40.4 Å². The third kappa shape index (κ3) is 4.27. The van der Waals surface area contributed by atoms with Gasteiger partial charge in [0.2, 0.25) is 0 Å². The number of aryl methyl sites for hydroxylation is 3. The van der Waals surface area contributed by atoms with Gasteiger partial charge in [-0.05, 0) is 78.6 Å². The van der Waals surface area contributed by atoms with Gasteiger partial charge in [-0.1, -0.05) is 60.2 Å². The lowest BCUT2D eigenvalue weighted by molar-refractivity contribution is 0.474. The molecule has 4 aromatic carbocycles. The van der Waals surface area contributed by atoms with Gasteiger partial charge in [-0.15, -0.1) is 0 Å². The molecule has 0 spiro atoms. The minimum Gasteiger partial charge on any atom is -0.205 e. The van der Waals surface area contributed by atoms with Crippen LogP contribution in [0.15, 0.2) is 111 Å². The Morgan fingerprint density at radius 3 is 1.50 bits per heavy atom. The Labute approximate surface area is 200 Å². The maximum absolute atomic E-state index is 14.7. The van der Waals surface area contributed by atoms with Gasteiger partial charge in [0.25, 0.3) is 0 Å². The summed E-state index contributed by atoms with van der Waals surface area (Å²) in [6.07, 6.45) is 0. The highest BCUT2D eigenvalue weighted by atomic mass is 32.3. The molecular weight excluding hydrogens is 474 g/mol. The Balaban J connectivity index is 2.13. The van der Waals surface area contributed by atoms with Gasteiger partial charge in [0.15, 0.2) is 4.90 Å². The van der Waals surface area contributed by atoms with Crippen molar-refractivity contribution < 1.29 is 20.8 Å². The lowest BCUT2D eigenvalue weighted by Crippen LogP contribution is -2.18. The van der Waals surface area contributed by atoms with Gasteiger partial charge in [0.1, 0.15) is 11.6 Å². The molecule has 0 aliphatic carbocycles. The normalized spacial score (nSPS) is 12.5. The van der Waals surface area contributed by atoms with E-state index in [1.165, 1.54) is 0 Å². The van der Waals surface area contributed by atoms with Crippen LogP contribution in [0.1, 0.15) is 16.7 Å². The molecule has 0 bridgehead atoms. The maximum atomic E-state index is 14.7. The summed E-state index contributed by atoms with van der Waals surface area (Å²) in [7, 11) is -7.85. The molecule has 0 saturated heterocycles. The number of hydrogen-bond donors (Lipinski definition) is 0. The van der Waals surface area contributed by atoms with E-state index in [1.807, 2.05) is 45.0 Å². The van der Waals surface area contributed by atoms with Crippen molar-refractivity contribution >= 4 is 20.4 Å². The first-order chi connectivity index (χ1) is 16.2. The molecule has 0 saturated carbocycles. The van der Waals surface area contributed by atoms with Gasteiger partial charge in [-0.25, -0.2) is 12.4 Å². The molecule has 0 radical (unpaired) electrons. The molecule has 0 heterocycles. The van der Waals surface area contributed by atoms with E-state index in [9.17, 15) is 17.2 Å². The largest absolute Gasteiger partial charge is 0.313 e. The number of hydrogen-bond acceptors (Lipinski definition) is 3. The molecule has 34 heavy (non-hydrogen) atoms. The second kappa shape index (κ2) is 9.33. The van der Waals surface area contributed by atoms with Gasteiger partial charge in [-0.2, -0.15) is 8.42 Å². The standard InChI is InChI=1S/C27H24F2O3S2/c1-19-17-20(2)26(21(3)18-19)33(22-11-6-4-7-12-22,23-13-8-5-9-14-23)32-34(30,31)27-24(28)15-10-16-25(27)29/h4-18H,1-3H3. The van der Waals surface area contributed by atoms with Crippen LogP contribution in [-0.4, -0.2) is 8.42 Å². The average molecular weight is 499 g/mol. The second-order valence-corrected chi connectivity index (χ2v) is 12.3. The minimum absolute atomic E-state index is 0.594. The SMILES string of the molecule is Cc1cc(C)c(S(OS(=O)(=O)c2c(F)cccc2F)(c2ccccc2)c2ccccc2)c(C)c1. The zero-order valence-electron chi connectivity index (χ0n) is 19.0. The first kappa shape index (κ1) is 24.1. The van der Waals surface area contributed by atoms with Crippen molar-refractivity contribution in [3.63, 3.8) is 0 Å². The predicted molar refractivity (Wildman–Crippen MR) is 131 cm³/mol. The summed E-state index contributed by atoms with van der Waals surface area (Å²) in [5, 5.41) is 0. The maximum Gasteiger partial charge on any atom is 0.313 e. The van der Waals surface area contributed by atoms with Crippen LogP contribution in [0.25, 0.3) is 0 Å². The molecule has 4 rings (SSSR count). The summed E-state index contributed by atoms with van der Waals surface area (Å²) in [6, 6.07) is 24.8. The molecule has 4 aromatic rings. The lowest BCUT2D eigenvalue weighted by Gasteiger charge is -2.41. The Morgan fingerprint density at radius 2 is 1.06 bits per heavy atom. The molecule has 0 unspecified atom stereocenters. The van der Waals surface area contributed by atoms with Crippen LogP contribution in [0, 0.1) is 32.4 Å². The Morgan fingerprint density at radius 1 is 0.618 bits per heavy atom. The highest BCUT2D eigenvalue weighted by molar-refractivity contribution is 8.33. The van der Waals surface area contributed by atoms with Gasteiger partial charge in [-0.3, -0.25) is 0 Å². The molecule has 0 N–H and O–H groups in total. The van der Waals surface area contributed by atoms with E-state index in [-0.39, 0.29) is 0 Å². The van der Waals surface area contributed by atoms with Crippen LogP contribution in [-0.2, 0) is 13.7 Å². The number of rotatable bonds is 6. The van der Waals surface area contributed by atoms with Gasteiger partial charge < -0.3 is 0 Å². The van der Waals surface area contributed by atoms with E-state index < -0.39 is 37.0 Å². The Hall–Kier alpha value is -3.00. The number of halogens is 2. The van der Waals surface area contributed by atoms with E-state index >= 15 is 0 Å². The molecule has 0 aliphatic heterocycles. The summed E-state index contributed by atoms with van der Waals surface area (Å²) >= 11 is 0. The van der Waals surface area contributed by atoms with Crippen LogP contribution in [0.2, 0.25) is 0 Å².